The number of hydrogen-bond donors (Lipinski definition) is 2. The molecule has 1 aliphatic rings. The van der Waals surface area contributed by atoms with Crippen LogP contribution < -0.4 is 15.2 Å². The predicted molar refractivity (Wildman–Crippen MR) is 84.7 cm³/mol. The zero-order valence-corrected chi connectivity index (χ0v) is 13.3. The monoisotopic (exact) mass is 312 g/mol. The molecular weight excluding hydrogens is 288 g/mol. The van der Waals surface area contributed by atoms with E-state index in [0.29, 0.717) is 18.0 Å². The number of nitrogen functional groups attached to an aromatic ring is 1. The molecule has 0 unspecified atom stereocenters. The summed E-state index contributed by atoms with van der Waals surface area (Å²) in [5.74, 6) is 0.593. The van der Waals surface area contributed by atoms with E-state index in [9.17, 15) is 8.42 Å². The van der Waals surface area contributed by atoms with E-state index in [0.717, 1.165) is 12.8 Å². The molecule has 1 saturated carbocycles. The second-order valence-electron chi connectivity index (χ2n) is 6.08. The van der Waals surface area contributed by atoms with E-state index in [-0.39, 0.29) is 17.8 Å². The van der Waals surface area contributed by atoms with Crippen LogP contribution in [0.5, 0.6) is 5.75 Å². The Morgan fingerprint density at radius 2 is 1.86 bits per heavy atom. The Bertz CT molecular complexity index is 549. The second kappa shape index (κ2) is 6.66. The van der Waals surface area contributed by atoms with Gasteiger partial charge in [0.15, 0.2) is 0 Å². The molecule has 0 aromatic heterocycles. The zero-order chi connectivity index (χ0) is 15.3. The van der Waals surface area contributed by atoms with Gasteiger partial charge in [-0.15, -0.1) is 0 Å². The number of nitrogens with one attached hydrogen (secondary N) is 1. The number of hydrogen-bond acceptors (Lipinski definition) is 4. The van der Waals surface area contributed by atoms with Gasteiger partial charge in [0.25, 0.3) is 0 Å². The van der Waals surface area contributed by atoms with Gasteiger partial charge in [0.05, 0.1) is 5.75 Å². The van der Waals surface area contributed by atoms with Crippen molar-refractivity contribution in [1.29, 1.82) is 0 Å². The maximum absolute atomic E-state index is 12.0. The van der Waals surface area contributed by atoms with Crippen LogP contribution >= 0.6 is 0 Å². The van der Waals surface area contributed by atoms with E-state index >= 15 is 0 Å². The smallest absolute Gasteiger partial charge is 0.214 e. The van der Waals surface area contributed by atoms with E-state index in [1.165, 1.54) is 12.8 Å². The maximum Gasteiger partial charge on any atom is 0.214 e. The van der Waals surface area contributed by atoms with Crippen molar-refractivity contribution in [1.82, 2.24) is 4.72 Å². The molecule has 0 heterocycles. The van der Waals surface area contributed by atoms with Crippen LogP contribution in [-0.4, -0.2) is 27.3 Å². The first-order valence-corrected chi connectivity index (χ1v) is 9.00. The fourth-order valence-corrected chi connectivity index (χ4v) is 3.61. The fraction of sp³-hybridized carbons (Fsp3) is 0.600. The van der Waals surface area contributed by atoms with Gasteiger partial charge in [0.2, 0.25) is 10.0 Å². The summed E-state index contributed by atoms with van der Waals surface area (Å²) in [7, 11) is -3.29. The molecule has 3 N–H and O–H groups in total. The lowest BCUT2D eigenvalue weighted by molar-refractivity contribution is 0.329. The van der Waals surface area contributed by atoms with Crippen molar-refractivity contribution >= 4 is 15.7 Å². The molecule has 0 amide bonds. The number of anilines is 1. The maximum atomic E-state index is 12.0. The second-order valence-corrected chi connectivity index (χ2v) is 8.00. The molecule has 0 atom stereocenters. The lowest BCUT2D eigenvalue weighted by Crippen LogP contribution is -2.36. The van der Waals surface area contributed by atoms with Gasteiger partial charge < -0.3 is 10.5 Å². The Morgan fingerprint density at radius 1 is 1.24 bits per heavy atom. The molecule has 0 spiro atoms. The van der Waals surface area contributed by atoms with E-state index < -0.39 is 10.0 Å². The van der Waals surface area contributed by atoms with Crippen molar-refractivity contribution in [2.24, 2.45) is 5.41 Å². The average Bonchev–Trinajstić information content (AvgIpc) is 2.87. The van der Waals surface area contributed by atoms with Crippen LogP contribution in [-0.2, 0) is 10.0 Å². The van der Waals surface area contributed by atoms with E-state index in [4.69, 9.17) is 10.5 Å². The predicted octanol–water partition coefficient (Wildman–Crippen LogP) is 2.15. The normalized spacial score (nSPS) is 17.8. The highest BCUT2D eigenvalue weighted by molar-refractivity contribution is 7.89. The molecule has 2 rings (SSSR count). The van der Waals surface area contributed by atoms with Gasteiger partial charge in [0, 0.05) is 12.2 Å². The summed E-state index contributed by atoms with van der Waals surface area (Å²) in [5.41, 5.74) is 6.34. The highest BCUT2D eigenvalue weighted by Crippen LogP contribution is 2.36. The third-order valence-electron chi connectivity index (χ3n) is 4.03. The molecule has 6 heteroatoms. The molecule has 1 aliphatic carbocycles. The van der Waals surface area contributed by atoms with Crippen LogP contribution in [0.1, 0.15) is 32.6 Å². The molecule has 0 radical (unpaired) electrons. The third-order valence-corrected chi connectivity index (χ3v) is 5.32. The Kier molecular flexibility index (Phi) is 5.11. The molecule has 21 heavy (non-hydrogen) atoms. The molecule has 0 saturated heterocycles. The minimum absolute atomic E-state index is 0.0343. The van der Waals surface area contributed by atoms with Crippen LogP contribution in [0, 0.1) is 5.41 Å². The Balaban J connectivity index is 1.74. The van der Waals surface area contributed by atoms with Gasteiger partial charge in [0.1, 0.15) is 12.4 Å². The molecule has 0 bridgehead atoms. The quantitative estimate of drug-likeness (QED) is 0.756. The molecule has 1 fully saturated rings. The Labute approximate surface area is 126 Å². The Hall–Kier alpha value is -1.27. The van der Waals surface area contributed by atoms with Gasteiger partial charge in [-0.05, 0) is 42.5 Å². The van der Waals surface area contributed by atoms with Crippen LogP contribution in [0.25, 0.3) is 0 Å². The Morgan fingerprint density at radius 3 is 2.48 bits per heavy atom. The highest BCUT2D eigenvalue weighted by atomic mass is 32.2. The van der Waals surface area contributed by atoms with Crippen molar-refractivity contribution < 1.29 is 13.2 Å². The van der Waals surface area contributed by atoms with Crippen LogP contribution in [0.4, 0.5) is 5.69 Å². The molecule has 1 aromatic carbocycles. The first-order chi connectivity index (χ1) is 9.89. The lowest BCUT2D eigenvalue weighted by atomic mass is 9.89. The molecule has 5 nitrogen and oxygen atoms in total. The van der Waals surface area contributed by atoms with Gasteiger partial charge in [-0.2, -0.15) is 0 Å². The van der Waals surface area contributed by atoms with E-state index in [1.54, 1.807) is 24.3 Å². The zero-order valence-electron chi connectivity index (χ0n) is 12.5. The number of ether oxygens (including phenoxy) is 1. The summed E-state index contributed by atoms with van der Waals surface area (Å²) in [6.07, 6.45) is 4.58. The van der Waals surface area contributed by atoms with Crippen molar-refractivity contribution in [3.05, 3.63) is 24.3 Å². The average molecular weight is 312 g/mol. The number of benzene rings is 1. The summed E-state index contributed by atoms with van der Waals surface area (Å²) in [4.78, 5) is 0. The van der Waals surface area contributed by atoms with Crippen molar-refractivity contribution in [3.63, 3.8) is 0 Å². The van der Waals surface area contributed by atoms with Crippen LogP contribution in [0.2, 0.25) is 0 Å². The molecular formula is C15H24N2O3S. The molecule has 0 aliphatic heterocycles. The topological polar surface area (TPSA) is 81.4 Å². The number of nitrogens with two attached hydrogens (primary N) is 1. The summed E-state index contributed by atoms with van der Waals surface area (Å²) in [6.45, 7) is 2.81. The highest BCUT2D eigenvalue weighted by Gasteiger charge is 2.29. The third kappa shape index (κ3) is 5.21. The standard InChI is InChI=1S/C15H24N2O3S/c1-15(8-2-3-9-15)12-17-21(18,19)11-10-20-14-6-4-13(16)5-7-14/h4-7,17H,2-3,8-12,16H2,1H3. The van der Waals surface area contributed by atoms with Gasteiger partial charge in [-0.25, -0.2) is 13.1 Å². The first-order valence-electron chi connectivity index (χ1n) is 7.34. The summed E-state index contributed by atoms with van der Waals surface area (Å²) >= 11 is 0. The summed E-state index contributed by atoms with van der Waals surface area (Å²) < 4.78 is 32.1. The lowest BCUT2D eigenvalue weighted by Gasteiger charge is -2.23. The van der Waals surface area contributed by atoms with E-state index in [2.05, 4.69) is 11.6 Å². The SMILES string of the molecule is CC1(CNS(=O)(=O)CCOc2ccc(N)cc2)CCCC1. The number of sulfonamides is 1. The molecule has 1 aromatic rings. The number of rotatable bonds is 7. The summed E-state index contributed by atoms with van der Waals surface area (Å²) in [6, 6.07) is 6.91. The van der Waals surface area contributed by atoms with Gasteiger partial charge in [-0.3, -0.25) is 0 Å². The van der Waals surface area contributed by atoms with E-state index in [1.807, 2.05) is 0 Å². The minimum atomic E-state index is -3.29. The molecule has 118 valence electrons. The van der Waals surface area contributed by atoms with Crippen molar-refractivity contribution in [3.8, 4) is 5.75 Å². The summed E-state index contributed by atoms with van der Waals surface area (Å²) in [5, 5.41) is 0. The van der Waals surface area contributed by atoms with Gasteiger partial charge in [-0.1, -0.05) is 19.8 Å². The van der Waals surface area contributed by atoms with Crippen LogP contribution in [0.15, 0.2) is 24.3 Å². The minimum Gasteiger partial charge on any atom is -0.492 e. The first kappa shape index (κ1) is 16.1. The fourth-order valence-electron chi connectivity index (χ4n) is 2.59. The van der Waals surface area contributed by atoms with Crippen molar-refractivity contribution in [2.75, 3.05) is 24.6 Å². The van der Waals surface area contributed by atoms with Gasteiger partial charge >= 0.3 is 0 Å². The largest absolute Gasteiger partial charge is 0.492 e. The van der Waals surface area contributed by atoms with Crippen LogP contribution in [0.3, 0.4) is 0 Å². The van der Waals surface area contributed by atoms with Crippen molar-refractivity contribution in [2.45, 2.75) is 32.6 Å².